The quantitative estimate of drug-likeness (QED) is 0.626. The number of hydrogen-bond acceptors (Lipinski definition) is 3. The van der Waals surface area contributed by atoms with Crippen molar-refractivity contribution in [1.29, 1.82) is 0 Å². The first kappa shape index (κ1) is 20.6. The minimum atomic E-state index is 0. The van der Waals surface area contributed by atoms with Gasteiger partial charge in [-0.1, -0.05) is 42.5 Å². The predicted molar refractivity (Wildman–Crippen MR) is 119 cm³/mol. The van der Waals surface area contributed by atoms with Crippen LogP contribution in [0, 0.1) is 17.8 Å². The Balaban J connectivity index is 0.00000205. The molecule has 2 aromatic rings. The zero-order chi connectivity index (χ0) is 19.0. The van der Waals surface area contributed by atoms with E-state index in [1.807, 2.05) is 12.1 Å². The van der Waals surface area contributed by atoms with E-state index in [-0.39, 0.29) is 12.4 Å². The molecular formula is C25H32ClNO2. The van der Waals surface area contributed by atoms with E-state index in [4.69, 9.17) is 9.47 Å². The maximum absolute atomic E-state index is 6.25. The summed E-state index contributed by atoms with van der Waals surface area (Å²) < 4.78 is 11.9. The monoisotopic (exact) mass is 413 g/mol. The van der Waals surface area contributed by atoms with Crippen LogP contribution < -0.4 is 14.8 Å². The van der Waals surface area contributed by atoms with E-state index in [9.17, 15) is 0 Å². The Morgan fingerprint density at radius 2 is 1.55 bits per heavy atom. The maximum atomic E-state index is 6.25. The standard InChI is InChI=1S/C25H31NO2.ClH/c1-27-23-9-5-8-22(24(23)28-17-18-6-3-2-4-7-18)16-26-25-13-19-10-20(14-25)12-21(11-19)15-25;/h2-9,19-21,26H,10-17H2,1H3;1H. The van der Waals surface area contributed by atoms with Gasteiger partial charge in [0.25, 0.3) is 0 Å². The summed E-state index contributed by atoms with van der Waals surface area (Å²) in [6.45, 7) is 1.42. The summed E-state index contributed by atoms with van der Waals surface area (Å²) in [4.78, 5) is 0. The lowest BCUT2D eigenvalue weighted by Gasteiger charge is -2.57. The first-order chi connectivity index (χ1) is 13.7. The zero-order valence-corrected chi connectivity index (χ0v) is 18.0. The summed E-state index contributed by atoms with van der Waals surface area (Å²) in [5.74, 6) is 4.57. The lowest BCUT2D eigenvalue weighted by atomic mass is 9.53. The second kappa shape index (κ2) is 8.57. The Morgan fingerprint density at radius 1 is 0.897 bits per heavy atom. The summed E-state index contributed by atoms with van der Waals surface area (Å²) >= 11 is 0. The smallest absolute Gasteiger partial charge is 0.166 e. The second-order valence-electron chi connectivity index (χ2n) is 9.27. The molecule has 0 saturated heterocycles. The number of halogens is 1. The SMILES string of the molecule is COc1cccc(CNC23CC4CC(CC(C4)C2)C3)c1OCc1ccccc1.Cl. The van der Waals surface area contributed by atoms with E-state index in [1.54, 1.807) is 7.11 Å². The number of methoxy groups -OCH3 is 1. The molecule has 4 saturated carbocycles. The van der Waals surface area contributed by atoms with Crippen molar-refractivity contribution in [2.24, 2.45) is 17.8 Å². The molecule has 6 rings (SSSR count). The van der Waals surface area contributed by atoms with Crippen LogP contribution >= 0.6 is 12.4 Å². The summed E-state index contributed by atoms with van der Waals surface area (Å²) in [5.41, 5.74) is 2.73. The molecule has 4 fully saturated rings. The minimum Gasteiger partial charge on any atom is -0.493 e. The van der Waals surface area contributed by atoms with Gasteiger partial charge < -0.3 is 14.8 Å². The Bertz CT molecular complexity index is 788. The molecule has 4 heteroatoms. The van der Waals surface area contributed by atoms with Crippen molar-refractivity contribution in [2.45, 2.75) is 57.2 Å². The van der Waals surface area contributed by atoms with Crippen LogP contribution in [0.3, 0.4) is 0 Å². The number of para-hydroxylation sites is 1. The molecule has 1 N–H and O–H groups in total. The fourth-order valence-electron chi connectivity index (χ4n) is 6.36. The lowest BCUT2D eigenvalue weighted by molar-refractivity contribution is -0.0206. The highest BCUT2D eigenvalue weighted by Crippen LogP contribution is 2.55. The third kappa shape index (κ3) is 4.27. The zero-order valence-electron chi connectivity index (χ0n) is 17.2. The number of hydrogen-bond donors (Lipinski definition) is 1. The van der Waals surface area contributed by atoms with Crippen LogP contribution in [0.25, 0.3) is 0 Å². The third-order valence-electron chi connectivity index (χ3n) is 7.20. The van der Waals surface area contributed by atoms with Gasteiger partial charge in [0.05, 0.1) is 7.11 Å². The van der Waals surface area contributed by atoms with Gasteiger partial charge in [-0.2, -0.15) is 0 Å². The van der Waals surface area contributed by atoms with Gasteiger partial charge in [0.1, 0.15) is 6.61 Å². The Labute approximate surface area is 180 Å². The van der Waals surface area contributed by atoms with Gasteiger partial charge in [-0.25, -0.2) is 0 Å². The van der Waals surface area contributed by atoms with Crippen LogP contribution in [0.5, 0.6) is 11.5 Å². The maximum Gasteiger partial charge on any atom is 0.166 e. The second-order valence-corrected chi connectivity index (χ2v) is 9.27. The van der Waals surface area contributed by atoms with Gasteiger partial charge in [0.2, 0.25) is 0 Å². The fourth-order valence-corrected chi connectivity index (χ4v) is 6.36. The molecule has 0 aliphatic heterocycles. The van der Waals surface area contributed by atoms with Crippen LogP contribution in [-0.2, 0) is 13.2 Å². The van der Waals surface area contributed by atoms with Gasteiger partial charge in [0.15, 0.2) is 11.5 Å². The topological polar surface area (TPSA) is 30.5 Å². The van der Waals surface area contributed by atoms with Gasteiger partial charge in [-0.15, -0.1) is 12.4 Å². The fraction of sp³-hybridized carbons (Fsp3) is 0.520. The van der Waals surface area contributed by atoms with Crippen molar-refractivity contribution in [3.8, 4) is 11.5 Å². The van der Waals surface area contributed by atoms with Crippen LogP contribution in [-0.4, -0.2) is 12.6 Å². The molecule has 4 bridgehead atoms. The van der Waals surface area contributed by atoms with Crippen molar-refractivity contribution < 1.29 is 9.47 Å². The molecule has 0 amide bonds. The molecule has 0 unspecified atom stereocenters. The molecule has 4 aliphatic rings. The van der Waals surface area contributed by atoms with Crippen molar-refractivity contribution in [1.82, 2.24) is 5.32 Å². The highest BCUT2D eigenvalue weighted by atomic mass is 35.5. The number of benzene rings is 2. The average Bonchev–Trinajstić information content (AvgIpc) is 2.70. The van der Waals surface area contributed by atoms with E-state index in [1.165, 1.54) is 49.7 Å². The van der Waals surface area contributed by atoms with Gasteiger partial charge in [-0.3, -0.25) is 0 Å². The first-order valence-corrected chi connectivity index (χ1v) is 10.8. The minimum absolute atomic E-state index is 0. The van der Waals surface area contributed by atoms with Crippen LogP contribution in [0.1, 0.15) is 49.7 Å². The van der Waals surface area contributed by atoms with E-state index in [0.29, 0.717) is 12.1 Å². The molecule has 0 aromatic heterocycles. The van der Waals surface area contributed by atoms with Crippen molar-refractivity contribution >= 4 is 12.4 Å². The summed E-state index contributed by atoms with van der Waals surface area (Å²) in [6, 6.07) is 16.6. The number of rotatable bonds is 7. The number of nitrogens with one attached hydrogen (secondary N) is 1. The van der Waals surface area contributed by atoms with Gasteiger partial charge in [0, 0.05) is 17.6 Å². The molecule has 0 atom stereocenters. The molecule has 29 heavy (non-hydrogen) atoms. The summed E-state index contributed by atoms with van der Waals surface area (Å²) in [7, 11) is 1.72. The van der Waals surface area contributed by atoms with E-state index in [0.717, 1.165) is 35.8 Å². The van der Waals surface area contributed by atoms with Crippen LogP contribution in [0.15, 0.2) is 48.5 Å². The molecule has 0 heterocycles. The van der Waals surface area contributed by atoms with Crippen LogP contribution in [0.2, 0.25) is 0 Å². The molecule has 0 radical (unpaired) electrons. The molecule has 2 aromatic carbocycles. The highest BCUT2D eigenvalue weighted by molar-refractivity contribution is 5.85. The average molecular weight is 414 g/mol. The third-order valence-corrected chi connectivity index (χ3v) is 7.20. The van der Waals surface area contributed by atoms with E-state index in [2.05, 4.69) is 41.7 Å². The van der Waals surface area contributed by atoms with Crippen molar-refractivity contribution in [3.05, 3.63) is 59.7 Å². The number of ether oxygens (including phenoxy) is 2. The summed E-state index contributed by atoms with van der Waals surface area (Å²) in [5, 5.41) is 4.00. The van der Waals surface area contributed by atoms with Crippen molar-refractivity contribution in [2.75, 3.05) is 7.11 Å². The van der Waals surface area contributed by atoms with E-state index < -0.39 is 0 Å². The van der Waals surface area contributed by atoms with Gasteiger partial charge in [-0.05, 0) is 67.9 Å². The Hall–Kier alpha value is -1.71. The van der Waals surface area contributed by atoms with Crippen molar-refractivity contribution in [3.63, 3.8) is 0 Å². The van der Waals surface area contributed by atoms with Gasteiger partial charge >= 0.3 is 0 Å². The Morgan fingerprint density at radius 3 is 2.17 bits per heavy atom. The lowest BCUT2D eigenvalue weighted by Crippen LogP contribution is -2.58. The summed E-state index contributed by atoms with van der Waals surface area (Å²) in [6.07, 6.45) is 8.53. The Kier molecular flexibility index (Phi) is 6.08. The molecule has 156 valence electrons. The molecule has 4 aliphatic carbocycles. The predicted octanol–water partition coefficient (Wildman–Crippen LogP) is 5.75. The van der Waals surface area contributed by atoms with Crippen LogP contribution in [0.4, 0.5) is 0 Å². The normalized spacial score (nSPS) is 29.3. The molecule has 3 nitrogen and oxygen atoms in total. The highest BCUT2D eigenvalue weighted by Gasteiger charge is 2.50. The molecule has 0 spiro atoms. The first-order valence-electron chi connectivity index (χ1n) is 10.8. The van der Waals surface area contributed by atoms with E-state index >= 15 is 0 Å². The molecular weight excluding hydrogens is 382 g/mol. The largest absolute Gasteiger partial charge is 0.493 e.